The van der Waals surface area contributed by atoms with Crippen LogP contribution in [0.5, 0.6) is 0 Å². The van der Waals surface area contributed by atoms with Crippen molar-refractivity contribution in [1.29, 1.82) is 0 Å². The molecule has 0 spiro atoms. The molecule has 3 nitrogen and oxygen atoms in total. The molecule has 27 heavy (non-hydrogen) atoms. The normalized spacial score (nSPS) is 21.6. The Labute approximate surface area is 158 Å². The van der Waals surface area contributed by atoms with Crippen molar-refractivity contribution in [2.24, 2.45) is 0 Å². The molecule has 134 valence electrons. The summed E-state index contributed by atoms with van der Waals surface area (Å²) in [6.45, 7) is 2.18. The molecule has 2 atom stereocenters. The van der Waals surface area contributed by atoms with Crippen molar-refractivity contribution in [2.75, 3.05) is 18.4 Å². The van der Waals surface area contributed by atoms with Crippen molar-refractivity contribution in [2.45, 2.75) is 24.8 Å². The average Bonchev–Trinajstić information content (AvgIpc) is 3.17. The zero-order valence-corrected chi connectivity index (χ0v) is 15.2. The number of nitrogens with one attached hydrogen (secondary N) is 2. The predicted octanol–water partition coefficient (Wildman–Crippen LogP) is 5.51. The molecule has 2 aliphatic rings. The molecule has 3 heterocycles. The number of fused-ring (bicyclic) bond motifs is 6. The number of anilines is 1. The molecule has 4 aromatic rings. The number of rotatable bonds is 1. The minimum absolute atomic E-state index is 0.533. The number of furan rings is 1. The molecule has 3 heteroatoms. The third kappa shape index (κ3) is 2.25. The molecule has 0 bridgehead atoms. The second-order valence-electron chi connectivity index (χ2n) is 7.73. The van der Waals surface area contributed by atoms with Gasteiger partial charge in [0.05, 0.1) is 0 Å². The lowest BCUT2D eigenvalue weighted by Gasteiger charge is -2.18. The van der Waals surface area contributed by atoms with Crippen LogP contribution >= 0.6 is 0 Å². The predicted molar refractivity (Wildman–Crippen MR) is 111 cm³/mol. The minimum Gasteiger partial charge on any atom is -0.455 e. The van der Waals surface area contributed by atoms with Crippen molar-refractivity contribution in [3.8, 4) is 11.1 Å². The fourth-order valence-electron chi connectivity index (χ4n) is 5.05. The summed E-state index contributed by atoms with van der Waals surface area (Å²) in [4.78, 5) is 0. The molecule has 0 radical (unpaired) electrons. The topological polar surface area (TPSA) is 37.2 Å². The maximum atomic E-state index is 6.33. The number of hydrogen-bond donors (Lipinski definition) is 2. The van der Waals surface area contributed by atoms with Crippen molar-refractivity contribution in [3.05, 3.63) is 66.2 Å². The van der Waals surface area contributed by atoms with Crippen molar-refractivity contribution in [3.63, 3.8) is 0 Å². The van der Waals surface area contributed by atoms with E-state index in [-0.39, 0.29) is 0 Å². The van der Waals surface area contributed by atoms with Gasteiger partial charge < -0.3 is 15.1 Å². The van der Waals surface area contributed by atoms with Crippen molar-refractivity contribution >= 4 is 27.6 Å². The van der Waals surface area contributed by atoms with Crippen LogP contribution in [0.3, 0.4) is 0 Å². The van der Waals surface area contributed by atoms with Crippen molar-refractivity contribution < 1.29 is 4.42 Å². The zero-order valence-electron chi connectivity index (χ0n) is 15.2. The van der Waals surface area contributed by atoms with Gasteiger partial charge in [0.1, 0.15) is 11.2 Å². The first-order valence-corrected chi connectivity index (χ1v) is 9.91. The molecule has 0 unspecified atom stereocenters. The summed E-state index contributed by atoms with van der Waals surface area (Å²) < 4.78 is 6.33. The third-order valence-corrected chi connectivity index (χ3v) is 6.26. The maximum absolute atomic E-state index is 6.33. The Bertz CT molecular complexity index is 1160. The fraction of sp³-hybridized carbons (Fsp3) is 0.250. The van der Waals surface area contributed by atoms with E-state index in [1.165, 1.54) is 46.0 Å². The van der Waals surface area contributed by atoms with Crippen LogP contribution in [0.15, 0.2) is 65.1 Å². The van der Waals surface area contributed by atoms with E-state index >= 15 is 0 Å². The largest absolute Gasteiger partial charge is 0.455 e. The molecule has 0 saturated carbocycles. The molecule has 2 aliphatic heterocycles. The molecular weight excluding hydrogens is 332 g/mol. The van der Waals surface area contributed by atoms with Gasteiger partial charge in [-0.1, -0.05) is 48.5 Å². The van der Waals surface area contributed by atoms with Crippen LogP contribution in [0.4, 0.5) is 5.69 Å². The van der Waals surface area contributed by atoms with E-state index in [9.17, 15) is 0 Å². The quantitative estimate of drug-likeness (QED) is 0.473. The number of benzene rings is 3. The van der Waals surface area contributed by atoms with Crippen LogP contribution in [0.25, 0.3) is 33.1 Å². The second kappa shape index (κ2) is 5.86. The summed E-state index contributed by atoms with van der Waals surface area (Å²) in [5.41, 5.74) is 7.26. The second-order valence-corrected chi connectivity index (χ2v) is 7.73. The van der Waals surface area contributed by atoms with Gasteiger partial charge in [-0.3, -0.25) is 0 Å². The SMILES string of the molecule is c1cc2c(c(-c3cccc4c3oc3ccccc34)c1)[C@@H]1CCNCC[C@@H]1N2. The van der Waals surface area contributed by atoms with E-state index in [1.54, 1.807) is 0 Å². The first-order chi connectivity index (χ1) is 13.4. The molecule has 1 saturated heterocycles. The Morgan fingerprint density at radius 3 is 2.59 bits per heavy atom. The highest BCUT2D eigenvalue weighted by atomic mass is 16.3. The van der Waals surface area contributed by atoms with Gasteiger partial charge in [-0.15, -0.1) is 0 Å². The number of para-hydroxylation sites is 2. The Kier molecular flexibility index (Phi) is 3.32. The highest BCUT2D eigenvalue weighted by molar-refractivity contribution is 6.10. The fourth-order valence-corrected chi connectivity index (χ4v) is 5.05. The minimum atomic E-state index is 0.533. The lowest BCUT2D eigenvalue weighted by Crippen LogP contribution is -2.21. The highest BCUT2D eigenvalue weighted by Gasteiger charge is 2.35. The van der Waals surface area contributed by atoms with Crippen LogP contribution < -0.4 is 10.6 Å². The van der Waals surface area contributed by atoms with Gasteiger partial charge >= 0.3 is 0 Å². The van der Waals surface area contributed by atoms with Gasteiger partial charge in [0, 0.05) is 34.0 Å². The first kappa shape index (κ1) is 15.3. The first-order valence-electron chi connectivity index (χ1n) is 9.91. The summed E-state index contributed by atoms with van der Waals surface area (Å²) in [5, 5.41) is 9.74. The summed E-state index contributed by atoms with van der Waals surface area (Å²) in [6, 6.07) is 22.1. The standard InChI is InChI=1S/C24H22N2O/c1-2-10-22-15(5-1)17-7-3-8-18(24(17)27-22)16-6-4-9-21-23(16)19-11-13-25-14-12-20(19)26-21/h1-10,19-20,25-26H,11-14H2/t19-,20+/m1/s1. The Morgan fingerprint density at radius 1 is 0.778 bits per heavy atom. The van der Waals surface area contributed by atoms with Crippen molar-refractivity contribution in [1.82, 2.24) is 5.32 Å². The molecular formula is C24H22N2O. The molecule has 1 aromatic heterocycles. The zero-order chi connectivity index (χ0) is 17.8. The molecule has 2 N–H and O–H groups in total. The summed E-state index contributed by atoms with van der Waals surface area (Å²) in [7, 11) is 0. The molecule has 0 aliphatic carbocycles. The van der Waals surface area contributed by atoms with E-state index in [0.29, 0.717) is 12.0 Å². The average molecular weight is 354 g/mol. The summed E-state index contributed by atoms with van der Waals surface area (Å²) >= 11 is 0. The molecule has 6 rings (SSSR count). The molecule has 1 fully saturated rings. The van der Waals surface area contributed by atoms with Gasteiger partial charge in [0.2, 0.25) is 0 Å². The van der Waals surface area contributed by atoms with Crippen LogP contribution in [0, 0.1) is 0 Å². The Balaban J connectivity index is 1.60. The lowest BCUT2D eigenvalue weighted by molar-refractivity contribution is 0.579. The monoisotopic (exact) mass is 354 g/mol. The van der Waals surface area contributed by atoms with E-state index < -0.39 is 0 Å². The van der Waals surface area contributed by atoms with Crippen LogP contribution in [0.2, 0.25) is 0 Å². The maximum Gasteiger partial charge on any atom is 0.143 e. The molecule has 0 amide bonds. The van der Waals surface area contributed by atoms with Gasteiger partial charge in [-0.2, -0.15) is 0 Å². The van der Waals surface area contributed by atoms with Crippen LogP contribution in [-0.2, 0) is 0 Å². The Morgan fingerprint density at radius 2 is 1.59 bits per heavy atom. The van der Waals surface area contributed by atoms with Crippen LogP contribution in [0.1, 0.15) is 24.3 Å². The van der Waals surface area contributed by atoms with E-state index in [2.05, 4.69) is 65.2 Å². The molecule has 3 aromatic carbocycles. The highest BCUT2D eigenvalue weighted by Crippen LogP contribution is 2.47. The van der Waals surface area contributed by atoms with Gasteiger partial charge in [-0.05, 0) is 49.2 Å². The summed E-state index contributed by atoms with van der Waals surface area (Å²) in [5.74, 6) is 0.561. The lowest BCUT2D eigenvalue weighted by atomic mass is 9.85. The van der Waals surface area contributed by atoms with E-state index in [4.69, 9.17) is 4.42 Å². The van der Waals surface area contributed by atoms with Gasteiger partial charge in [0.15, 0.2) is 0 Å². The van der Waals surface area contributed by atoms with Crippen LogP contribution in [-0.4, -0.2) is 19.1 Å². The Hall–Kier alpha value is -2.78. The smallest absolute Gasteiger partial charge is 0.143 e. The van der Waals surface area contributed by atoms with E-state index in [0.717, 1.165) is 24.3 Å². The van der Waals surface area contributed by atoms with Gasteiger partial charge in [0.25, 0.3) is 0 Å². The summed E-state index contributed by atoms with van der Waals surface area (Å²) in [6.07, 6.45) is 2.35. The third-order valence-electron chi connectivity index (χ3n) is 6.26. The van der Waals surface area contributed by atoms with E-state index in [1.807, 2.05) is 6.07 Å². The van der Waals surface area contributed by atoms with Gasteiger partial charge in [-0.25, -0.2) is 0 Å². The number of hydrogen-bond acceptors (Lipinski definition) is 3.